The third kappa shape index (κ3) is 9.07. The van der Waals surface area contributed by atoms with E-state index in [1.54, 1.807) is 4.90 Å². The SMILES string of the molecule is CCCCN(CC(=O)N(CCc1c[nH]c2ccccc12)Cc1ccccc1)C(=O)CC(C)CC(C)(C)C. The van der Waals surface area contributed by atoms with E-state index in [0.717, 1.165) is 36.8 Å². The summed E-state index contributed by atoms with van der Waals surface area (Å²) in [5, 5.41) is 1.20. The minimum Gasteiger partial charge on any atom is -0.361 e. The van der Waals surface area contributed by atoms with E-state index < -0.39 is 0 Å². The van der Waals surface area contributed by atoms with E-state index in [-0.39, 0.29) is 29.7 Å². The van der Waals surface area contributed by atoms with Crippen molar-refractivity contribution in [2.45, 2.75) is 73.3 Å². The van der Waals surface area contributed by atoms with Gasteiger partial charge in [0.1, 0.15) is 0 Å². The molecule has 3 rings (SSSR count). The fourth-order valence-corrected chi connectivity index (χ4v) is 5.14. The number of carbonyl (C=O) groups is 2. The van der Waals surface area contributed by atoms with Crippen molar-refractivity contribution in [3.05, 3.63) is 71.9 Å². The molecule has 0 saturated heterocycles. The molecule has 37 heavy (non-hydrogen) atoms. The Morgan fingerprint density at radius 3 is 2.32 bits per heavy atom. The number of carbonyl (C=O) groups excluding carboxylic acids is 2. The highest BCUT2D eigenvalue weighted by Crippen LogP contribution is 2.26. The molecule has 1 N–H and O–H groups in total. The van der Waals surface area contributed by atoms with E-state index in [9.17, 15) is 9.59 Å². The second kappa shape index (κ2) is 13.5. The number of para-hydroxylation sites is 1. The van der Waals surface area contributed by atoms with Gasteiger partial charge in [0.25, 0.3) is 0 Å². The lowest BCUT2D eigenvalue weighted by atomic mass is 9.84. The second-order valence-corrected chi connectivity index (χ2v) is 11.7. The summed E-state index contributed by atoms with van der Waals surface area (Å²) in [5.41, 5.74) is 3.59. The average Bonchev–Trinajstić information content (AvgIpc) is 3.26. The molecule has 2 aromatic carbocycles. The first-order valence-corrected chi connectivity index (χ1v) is 13.8. The van der Waals surface area contributed by atoms with E-state index in [1.807, 2.05) is 41.4 Å². The van der Waals surface area contributed by atoms with Gasteiger partial charge >= 0.3 is 0 Å². The molecule has 1 unspecified atom stereocenters. The van der Waals surface area contributed by atoms with Gasteiger partial charge in [-0.3, -0.25) is 9.59 Å². The molecule has 0 aliphatic rings. The first-order valence-electron chi connectivity index (χ1n) is 13.8. The van der Waals surface area contributed by atoms with Crippen molar-refractivity contribution in [3.8, 4) is 0 Å². The molecular formula is C32H45N3O2. The van der Waals surface area contributed by atoms with E-state index in [0.29, 0.717) is 26.1 Å². The van der Waals surface area contributed by atoms with Gasteiger partial charge in [0.2, 0.25) is 11.8 Å². The minimum atomic E-state index is 0.0108. The van der Waals surface area contributed by atoms with Gasteiger partial charge in [0.05, 0.1) is 6.54 Å². The maximum absolute atomic E-state index is 13.7. The summed E-state index contributed by atoms with van der Waals surface area (Å²) in [6, 6.07) is 18.4. The average molecular weight is 504 g/mol. The summed E-state index contributed by atoms with van der Waals surface area (Å²) in [6.07, 6.45) is 6.17. The number of H-pyrrole nitrogens is 1. The Kier molecular flexibility index (Phi) is 10.4. The van der Waals surface area contributed by atoms with Gasteiger partial charge in [-0.05, 0) is 47.8 Å². The number of aromatic amines is 1. The molecule has 3 aromatic rings. The number of rotatable bonds is 13. The van der Waals surface area contributed by atoms with Crippen LogP contribution < -0.4 is 0 Å². The van der Waals surface area contributed by atoms with Crippen LogP contribution in [0.15, 0.2) is 60.8 Å². The topological polar surface area (TPSA) is 56.4 Å². The largest absolute Gasteiger partial charge is 0.361 e. The quantitative estimate of drug-likeness (QED) is 0.278. The first-order chi connectivity index (χ1) is 17.7. The number of aromatic nitrogens is 1. The highest BCUT2D eigenvalue weighted by Gasteiger charge is 2.24. The Labute approximate surface area is 223 Å². The van der Waals surface area contributed by atoms with E-state index >= 15 is 0 Å². The number of hydrogen-bond donors (Lipinski definition) is 1. The summed E-state index contributed by atoms with van der Waals surface area (Å²) >= 11 is 0. The molecule has 0 fully saturated rings. The third-order valence-electron chi connectivity index (χ3n) is 6.84. The summed E-state index contributed by atoms with van der Waals surface area (Å²) in [5.74, 6) is 0.389. The number of unbranched alkanes of at least 4 members (excludes halogenated alkanes) is 1. The summed E-state index contributed by atoms with van der Waals surface area (Å²) in [7, 11) is 0. The number of hydrogen-bond acceptors (Lipinski definition) is 2. The molecule has 5 nitrogen and oxygen atoms in total. The Hall–Kier alpha value is -3.08. The Morgan fingerprint density at radius 1 is 0.919 bits per heavy atom. The highest BCUT2D eigenvalue weighted by molar-refractivity contribution is 5.85. The number of nitrogens with zero attached hydrogens (tertiary/aromatic N) is 2. The predicted octanol–water partition coefficient (Wildman–Crippen LogP) is 6.83. The molecule has 0 radical (unpaired) electrons. The zero-order chi connectivity index (χ0) is 26.8. The van der Waals surface area contributed by atoms with Crippen LogP contribution in [-0.2, 0) is 22.6 Å². The molecule has 0 aliphatic carbocycles. The highest BCUT2D eigenvalue weighted by atomic mass is 16.2. The van der Waals surface area contributed by atoms with Gasteiger partial charge in [-0.15, -0.1) is 0 Å². The van der Waals surface area contributed by atoms with Crippen molar-refractivity contribution in [1.29, 1.82) is 0 Å². The number of nitrogens with one attached hydrogen (secondary N) is 1. The van der Waals surface area contributed by atoms with Gasteiger partial charge in [0.15, 0.2) is 0 Å². The van der Waals surface area contributed by atoms with Crippen LogP contribution in [-0.4, -0.2) is 46.2 Å². The maximum atomic E-state index is 13.7. The lowest BCUT2D eigenvalue weighted by Crippen LogP contribution is -2.44. The maximum Gasteiger partial charge on any atom is 0.242 e. The fraction of sp³-hybridized carbons (Fsp3) is 0.500. The molecule has 2 amide bonds. The Morgan fingerprint density at radius 2 is 1.62 bits per heavy atom. The number of fused-ring (bicyclic) bond motifs is 1. The summed E-state index contributed by atoms with van der Waals surface area (Å²) in [4.78, 5) is 34.0. The molecule has 5 heteroatoms. The standard InChI is InChI=1S/C32H45N3O2/c1-6-7-18-34(30(36)20-25(2)21-32(3,4)5)24-31(37)35(23-26-13-9-8-10-14-26)19-17-27-22-33-29-16-12-11-15-28(27)29/h8-16,22,25,33H,6-7,17-21,23-24H2,1-5H3. The molecule has 0 aliphatic heterocycles. The zero-order valence-corrected chi connectivity index (χ0v) is 23.4. The molecule has 0 spiro atoms. The monoisotopic (exact) mass is 503 g/mol. The van der Waals surface area contributed by atoms with Crippen molar-refractivity contribution in [1.82, 2.24) is 14.8 Å². The first kappa shape index (κ1) is 28.5. The van der Waals surface area contributed by atoms with Crippen molar-refractivity contribution < 1.29 is 9.59 Å². The van der Waals surface area contributed by atoms with Crippen LogP contribution in [0.1, 0.15) is 71.4 Å². The van der Waals surface area contributed by atoms with Gasteiger partial charge < -0.3 is 14.8 Å². The van der Waals surface area contributed by atoms with Crippen LogP contribution in [0.3, 0.4) is 0 Å². The molecule has 1 heterocycles. The van der Waals surface area contributed by atoms with Crippen LogP contribution in [0, 0.1) is 11.3 Å². The Bertz CT molecular complexity index is 1130. The smallest absolute Gasteiger partial charge is 0.242 e. The lowest BCUT2D eigenvalue weighted by molar-refractivity contribution is -0.141. The van der Waals surface area contributed by atoms with Crippen molar-refractivity contribution in [3.63, 3.8) is 0 Å². The van der Waals surface area contributed by atoms with E-state index in [1.165, 1.54) is 10.9 Å². The normalized spacial score (nSPS) is 12.5. The van der Waals surface area contributed by atoms with Crippen LogP contribution in [0.4, 0.5) is 0 Å². The number of benzene rings is 2. The van der Waals surface area contributed by atoms with Crippen molar-refractivity contribution in [2.75, 3.05) is 19.6 Å². The van der Waals surface area contributed by atoms with E-state index in [4.69, 9.17) is 0 Å². The molecule has 1 aromatic heterocycles. The Balaban J connectivity index is 1.73. The lowest BCUT2D eigenvalue weighted by Gasteiger charge is -2.29. The molecule has 0 saturated carbocycles. The summed E-state index contributed by atoms with van der Waals surface area (Å²) < 4.78 is 0. The number of amides is 2. The molecule has 200 valence electrons. The van der Waals surface area contributed by atoms with Gasteiger partial charge in [0, 0.05) is 43.2 Å². The van der Waals surface area contributed by atoms with Crippen molar-refractivity contribution >= 4 is 22.7 Å². The van der Waals surface area contributed by atoms with E-state index in [2.05, 4.69) is 63.9 Å². The molecular weight excluding hydrogens is 458 g/mol. The van der Waals surface area contributed by atoms with Crippen LogP contribution in [0.25, 0.3) is 10.9 Å². The van der Waals surface area contributed by atoms with Crippen LogP contribution >= 0.6 is 0 Å². The molecule has 0 bridgehead atoms. The van der Waals surface area contributed by atoms with Gasteiger partial charge in [-0.25, -0.2) is 0 Å². The fourth-order valence-electron chi connectivity index (χ4n) is 5.14. The van der Waals surface area contributed by atoms with Crippen LogP contribution in [0.2, 0.25) is 0 Å². The summed E-state index contributed by atoms with van der Waals surface area (Å²) in [6.45, 7) is 12.8. The third-order valence-corrected chi connectivity index (χ3v) is 6.84. The minimum absolute atomic E-state index is 0.0108. The zero-order valence-electron chi connectivity index (χ0n) is 23.4. The predicted molar refractivity (Wildman–Crippen MR) is 153 cm³/mol. The van der Waals surface area contributed by atoms with Crippen LogP contribution in [0.5, 0.6) is 0 Å². The molecule has 1 atom stereocenters. The van der Waals surface area contributed by atoms with Gasteiger partial charge in [-0.2, -0.15) is 0 Å². The van der Waals surface area contributed by atoms with Crippen molar-refractivity contribution in [2.24, 2.45) is 11.3 Å². The second-order valence-electron chi connectivity index (χ2n) is 11.7. The van der Waals surface area contributed by atoms with Gasteiger partial charge in [-0.1, -0.05) is 89.6 Å².